The number of carboxylic acids is 1. The number of aromatic carboxylic acids is 1. The number of hydrogen-bond donors (Lipinski definition) is 1. The second-order valence-electron chi connectivity index (χ2n) is 5.84. The first-order valence-corrected chi connectivity index (χ1v) is 9.06. The predicted molar refractivity (Wildman–Crippen MR) is 108 cm³/mol. The molecule has 0 aromatic heterocycles. The topological polar surface area (TPSA) is 88.4 Å². The van der Waals surface area contributed by atoms with Crippen molar-refractivity contribution in [1.82, 2.24) is 4.90 Å². The van der Waals surface area contributed by atoms with Crippen molar-refractivity contribution in [1.29, 1.82) is 0 Å². The summed E-state index contributed by atoms with van der Waals surface area (Å²) in [6.45, 7) is 0. The molecule has 1 aliphatic heterocycles. The third kappa shape index (κ3) is 4.01. The van der Waals surface area contributed by atoms with Crippen LogP contribution in [0.4, 0.5) is 5.69 Å². The van der Waals surface area contributed by atoms with Gasteiger partial charge < -0.3 is 14.6 Å². The molecule has 1 N–H and O–H groups in total. The van der Waals surface area contributed by atoms with Gasteiger partial charge >= 0.3 is 5.97 Å². The van der Waals surface area contributed by atoms with Crippen LogP contribution >= 0.6 is 11.8 Å². The van der Waals surface area contributed by atoms with Crippen molar-refractivity contribution in [3.8, 4) is 11.5 Å². The first-order valence-electron chi connectivity index (χ1n) is 8.24. The fourth-order valence-electron chi connectivity index (χ4n) is 2.56. The van der Waals surface area contributed by atoms with Gasteiger partial charge in [-0.1, -0.05) is 12.1 Å². The normalized spacial score (nSPS) is 16.7. The SMILES string of the molecule is COc1ccc(/C=C2\SC(=Nc3cccc(C(=O)O)c3)N(C)C2=O)cc1OC. The summed E-state index contributed by atoms with van der Waals surface area (Å²) in [5.74, 6) is -0.0414. The van der Waals surface area contributed by atoms with Crippen molar-refractivity contribution in [2.45, 2.75) is 0 Å². The van der Waals surface area contributed by atoms with E-state index in [-0.39, 0.29) is 11.5 Å². The molecule has 2 aromatic rings. The van der Waals surface area contributed by atoms with Gasteiger partial charge in [0.2, 0.25) is 0 Å². The molecule has 0 saturated carbocycles. The first kappa shape index (κ1) is 19.5. The van der Waals surface area contributed by atoms with Gasteiger partial charge in [0.05, 0.1) is 30.4 Å². The maximum atomic E-state index is 12.6. The Bertz CT molecular complexity index is 1000. The summed E-state index contributed by atoms with van der Waals surface area (Å²) in [4.78, 5) is 30.0. The molecule has 0 aliphatic carbocycles. The van der Waals surface area contributed by atoms with E-state index in [1.807, 2.05) is 6.07 Å². The quantitative estimate of drug-likeness (QED) is 0.774. The number of benzene rings is 2. The molecule has 0 atom stereocenters. The van der Waals surface area contributed by atoms with Crippen molar-refractivity contribution in [2.24, 2.45) is 4.99 Å². The van der Waals surface area contributed by atoms with Gasteiger partial charge in [0.25, 0.3) is 5.91 Å². The Hall–Kier alpha value is -3.26. The van der Waals surface area contributed by atoms with Crippen LogP contribution in [0.1, 0.15) is 15.9 Å². The van der Waals surface area contributed by atoms with E-state index in [1.54, 1.807) is 51.6 Å². The van der Waals surface area contributed by atoms with Crippen LogP contribution in [0.3, 0.4) is 0 Å². The van der Waals surface area contributed by atoms with Crippen LogP contribution in [-0.4, -0.2) is 48.3 Å². The Labute approximate surface area is 166 Å². The Morgan fingerprint density at radius 2 is 1.89 bits per heavy atom. The van der Waals surface area contributed by atoms with Crippen molar-refractivity contribution < 1.29 is 24.2 Å². The van der Waals surface area contributed by atoms with E-state index in [0.29, 0.717) is 27.3 Å². The molecule has 7 nitrogen and oxygen atoms in total. The molecule has 0 bridgehead atoms. The summed E-state index contributed by atoms with van der Waals surface area (Å²) in [7, 11) is 4.74. The molecule has 28 heavy (non-hydrogen) atoms. The number of ether oxygens (including phenoxy) is 2. The lowest BCUT2D eigenvalue weighted by Gasteiger charge is -2.08. The number of nitrogens with zero attached hydrogens (tertiary/aromatic N) is 2. The zero-order valence-electron chi connectivity index (χ0n) is 15.5. The van der Waals surface area contributed by atoms with Crippen molar-refractivity contribution in [3.05, 3.63) is 58.5 Å². The highest BCUT2D eigenvalue weighted by molar-refractivity contribution is 8.18. The van der Waals surface area contributed by atoms with E-state index in [9.17, 15) is 9.59 Å². The zero-order chi connectivity index (χ0) is 20.3. The number of carbonyl (C=O) groups excluding carboxylic acids is 1. The minimum Gasteiger partial charge on any atom is -0.493 e. The average molecular weight is 398 g/mol. The molecular formula is C20H18N2O5S. The minimum atomic E-state index is -1.03. The number of methoxy groups -OCH3 is 2. The third-order valence-corrected chi connectivity index (χ3v) is 5.09. The van der Waals surface area contributed by atoms with Crippen LogP contribution in [0.5, 0.6) is 11.5 Å². The fraction of sp³-hybridized carbons (Fsp3) is 0.150. The van der Waals surface area contributed by atoms with Crippen LogP contribution < -0.4 is 9.47 Å². The number of amidine groups is 1. The number of hydrogen-bond acceptors (Lipinski definition) is 6. The highest BCUT2D eigenvalue weighted by atomic mass is 32.2. The van der Waals surface area contributed by atoms with Crippen LogP contribution in [0.2, 0.25) is 0 Å². The van der Waals surface area contributed by atoms with E-state index in [0.717, 1.165) is 5.56 Å². The Balaban J connectivity index is 1.90. The maximum absolute atomic E-state index is 12.6. The van der Waals surface area contributed by atoms with Gasteiger partial charge in [-0.15, -0.1) is 0 Å². The van der Waals surface area contributed by atoms with Crippen molar-refractivity contribution in [3.63, 3.8) is 0 Å². The second-order valence-corrected chi connectivity index (χ2v) is 6.85. The van der Waals surface area contributed by atoms with Crippen LogP contribution in [0.15, 0.2) is 52.4 Å². The number of aliphatic imine (C=N–C) groups is 1. The molecule has 1 saturated heterocycles. The van der Waals surface area contributed by atoms with Crippen LogP contribution in [0, 0.1) is 0 Å². The average Bonchev–Trinajstić information content (AvgIpc) is 2.95. The number of carboxylic acid groups (broad SMARTS) is 1. The van der Waals surface area contributed by atoms with Gasteiger partial charge in [0, 0.05) is 7.05 Å². The number of carbonyl (C=O) groups is 2. The standard InChI is InChI=1S/C20H18N2O5S/c1-22-18(23)17(10-12-7-8-15(26-2)16(9-12)27-3)28-20(22)21-14-6-4-5-13(11-14)19(24)25/h4-11H,1-3H3,(H,24,25)/b17-10-,21-20?. The monoisotopic (exact) mass is 398 g/mol. The molecule has 2 aromatic carbocycles. The fourth-order valence-corrected chi connectivity index (χ4v) is 3.55. The summed E-state index contributed by atoms with van der Waals surface area (Å²) < 4.78 is 10.5. The van der Waals surface area contributed by atoms with Crippen molar-refractivity contribution in [2.75, 3.05) is 21.3 Å². The second kappa shape index (κ2) is 8.18. The lowest BCUT2D eigenvalue weighted by atomic mass is 10.2. The van der Waals surface area contributed by atoms with Crippen LogP contribution in [-0.2, 0) is 4.79 Å². The van der Waals surface area contributed by atoms with Gasteiger partial charge in [-0.3, -0.25) is 9.69 Å². The lowest BCUT2D eigenvalue weighted by molar-refractivity contribution is -0.121. The number of thioether (sulfide) groups is 1. The highest BCUT2D eigenvalue weighted by Crippen LogP contribution is 2.35. The van der Waals surface area contributed by atoms with Crippen molar-refractivity contribution >= 4 is 40.6 Å². The Kier molecular flexibility index (Phi) is 5.70. The summed E-state index contributed by atoms with van der Waals surface area (Å²) in [6, 6.07) is 11.6. The molecular weight excluding hydrogens is 380 g/mol. The van der Waals surface area contributed by atoms with Gasteiger partial charge in [-0.25, -0.2) is 9.79 Å². The number of likely N-dealkylation sites (N-methyl/N-ethyl adjacent to an activating group) is 1. The van der Waals surface area contributed by atoms with E-state index in [2.05, 4.69) is 4.99 Å². The molecule has 0 unspecified atom stereocenters. The molecule has 1 amide bonds. The summed E-state index contributed by atoms with van der Waals surface area (Å²) in [5.41, 5.74) is 1.39. The van der Waals surface area contributed by atoms with E-state index < -0.39 is 5.97 Å². The Morgan fingerprint density at radius 1 is 1.14 bits per heavy atom. The van der Waals surface area contributed by atoms with Gasteiger partial charge in [0.15, 0.2) is 16.7 Å². The molecule has 3 rings (SSSR count). The van der Waals surface area contributed by atoms with Gasteiger partial charge in [-0.2, -0.15) is 0 Å². The summed E-state index contributed by atoms with van der Waals surface area (Å²) in [5, 5.41) is 9.58. The summed E-state index contributed by atoms with van der Waals surface area (Å²) in [6.07, 6.45) is 1.75. The number of rotatable bonds is 5. The van der Waals surface area contributed by atoms with Gasteiger partial charge in [0.1, 0.15) is 0 Å². The number of amides is 1. The van der Waals surface area contributed by atoms with Gasteiger partial charge in [-0.05, 0) is 53.7 Å². The molecule has 144 valence electrons. The largest absolute Gasteiger partial charge is 0.493 e. The summed E-state index contributed by atoms with van der Waals surface area (Å²) >= 11 is 1.22. The predicted octanol–water partition coefficient (Wildman–Crippen LogP) is 3.64. The van der Waals surface area contributed by atoms with E-state index in [1.165, 1.54) is 28.8 Å². The highest BCUT2D eigenvalue weighted by Gasteiger charge is 2.30. The zero-order valence-corrected chi connectivity index (χ0v) is 16.3. The minimum absolute atomic E-state index is 0.139. The molecule has 1 fully saturated rings. The molecule has 0 spiro atoms. The smallest absolute Gasteiger partial charge is 0.335 e. The third-order valence-electron chi connectivity index (χ3n) is 4.03. The molecule has 0 radical (unpaired) electrons. The molecule has 1 heterocycles. The van der Waals surface area contributed by atoms with E-state index in [4.69, 9.17) is 14.6 Å². The van der Waals surface area contributed by atoms with Crippen LogP contribution in [0.25, 0.3) is 6.08 Å². The lowest BCUT2D eigenvalue weighted by Crippen LogP contribution is -2.23. The van der Waals surface area contributed by atoms with E-state index >= 15 is 0 Å². The molecule has 1 aliphatic rings. The Morgan fingerprint density at radius 3 is 2.57 bits per heavy atom. The first-order chi connectivity index (χ1) is 13.4. The maximum Gasteiger partial charge on any atom is 0.335 e. The molecule has 8 heteroatoms.